The van der Waals surface area contributed by atoms with Crippen molar-refractivity contribution in [1.82, 2.24) is 10.2 Å². The van der Waals surface area contributed by atoms with Crippen LogP contribution >= 0.6 is 0 Å². The van der Waals surface area contributed by atoms with E-state index in [4.69, 9.17) is 9.15 Å². The molecule has 1 saturated carbocycles. The summed E-state index contributed by atoms with van der Waals surface area (Å²) in [5, 5.41) is 2.91. The lowest BCUT2D eigenvalue weighted by atomic mass is 9.87. The van der Waals surface area contributed by atoms with Gasteiger partial charge in [0.2, 0.25) is 5.91 Å². The minimum Gasteiger partial charge on any atom is -0.486 e. The summed E-state index contributed by atoms with van der Waals surface area (Å²) in [6.45, 7) is 3.55. The summed E-state index contributed by atoms with van der Waals surface area (Å²) in [5.74, 6) is 2.20. The van der Waals surface area contributed by atoms with Gasteiger partial charge in [0.1, 0.15) is 18.1 Å². The van der Waals surface area contributed by atoms with Gasteiger partial charge in [0.25, 0.3) is 5.91 Å². The van der Waals surface area contributed by atoms with Gasteiger partial charge < -0.3 is 19.4 Å². The summed E-state index contributed by atoms with van der Waals surface area (Å²) in [7, 11) is 0. The molecule has 1 aliphatic carbocycles. The molecule has 1 unspecified atom stereocenters. The summed E-state index contributed by atoms with van der Waals surface area (Å²) in [5.41, 5.74) is 3.42. The standard InChI is InChI=1S/C28H30N2O4/c1-2-26(31)30-15-14-20-10-11-22(16-24(20)27(30)21-6-4-3-5-7-21)33-18-23-12-13-25(34-23)28(32)29-17-19-8-9-19/h3-7,10-13,16,19,27H,2,8-9,14-15,17-18H2,1H3,(H,29,32). The molecule has 1 atom stereocenters. The zero-order valence-electron chi connectivity index (χ0n) is 19.5. The SMILES string of the molecule is CCC(=O)N1CCc2ccc(OCc3ccc(C(=O)NCC4CC4)o3)cc2C1c1ccccc1. The fourth-order valence-electron chi connectivity index (χ4n) is 4.53. The van der Waals surface area contributed by atoms with Gasteiger partial charge in [0, 0.05) is 19.5 Å². The third kappa shape index (κ3) is 4.86. The van der Waals surface area contributed by atoms with Crippen LogP contribution in [0.4, 0.5) is 0 Å². The maximum Gasteiger partial charge on any atom is 0.287 e. The minimum atomic E-state index is -0.182. The Hall–Kier alpha value is -3.54. The number of fused-ring (bicyclic) bond motifs is 1. The van der Waals surface area contributed by atoms with Crippen LogP contribution in [0.5, 0.6) is 5.75 Å². The van der Waals surface area contributed by atoms with E-state index in [1.54, 1.807) is 12.1 Å². The first-order valence-electron chi connectivity index (χ1n) is 12.1. The summed E-state index contributed by atoms with van der Waals surface area (Å²) in [6.07, 6.45) is 3.67. The molecule has 2 amide bonds. The molecular formula is C28H30N2O4. The first-order chi connectivity index (χ1) is 16.6. The Kier molecular flexibility index (Phi) is 6.39. The molecular weight excluding hydrogens is 428 g/mol. The molecule has 3 aromatic rings. The lowest BCUT2D eigenvalue weighted by Gasteiger charge is -2.38. The van der Waals surface area contributed by atoms with E-state index < -0.39 is 0 Å². The van der Waals surface area contributed by atoms with Gasteiger partial charge in [0.15, 0.2) is 5.76 Å². The molecule has 5 rings (SSSR count). The maximum absolute atomic E-state index is 12.8. The second-order valence-electron chi connectivity index (χ2n) is 9.07. The number of benzene rings is 2. The molecule has 1 N–H and O–H groups in total. The van der Waals surface area contributed by atoms with E-state index in [1.807, 2.05) is 42.2 Å². The van der Waals surface area contributed by atoms with Gasteiger partial charge in [-0.1, -0.05) is 43.3 Å². The van der Waals surface area contributed by atoms with Crippen molar-refractivity contribution >= 4 is 11.8 Å². The van der Waals surface area contributed by atoms with Crippen molar-refractivity contribution in [3.05, 3.63) is 88.9 Å². The van der Waals surface area contributed by atoms with E-state index in [1.165, 1.54) is 18.4 Å². The second kappa shape index (κ2) is 9.75. The Bertz CT molecular complexity index is 1170. The average molecular weight is 459 g/mol. The van der Waals surface area contributed by atoms with Crippen molar-refractivity contribution in [3.63, 3.8) is 0 Å². The number of rotatable bonds is 8. The molecule has 2 aliphatic rings. The Morgan fingerprint density at radius 3 is 2.68 bits per heavy atom. The highest BCUT2D eigenvalue weighted by Gasteiger charge is 2.31. The molecule has 6 nitrogen and oxygen atoms in total. The summed E-state index contributed by atoms with van der Waals surface area (Å²) in [4.78, 5) is 27.0. The Labute approximate surface area is 199 Å². The van der Waals surface area contributed by atoms with Crippen LogP contribution in [-0.4, -0.2) is 29.8 Å². The fourth-order valence-corrected chi connectivity index (χ4v) is 4.53. The molecule has 6 heteroatoms. The molecule has 34 heavy (non-hydrogen) atoms. The minimum absolute atomic E-state index is 0.133. The van der Waals surface area contributed by atoms with Crippen molar-refractivity contribution in [2.45, 2.75) is 45.3 Å². The number of furan rings is 1. The molecule has 0 spiro atoms. The molecule has 1 aliphatic heterocycles. The van der Waals surface area contributed by atoms with Gasteiger partial charge in [0.05, 0.1) is 6.04 Å². The zero-order chi connectivity index (χ0) is 23.5. The highest BCUT2D eigenvalue weighted by atomic mass is 16.5. The van der Waals surface area contributed by atoms with Crippen molar-refractivity contribution in [2.24, 2.45) is 5.92 Å². The lowest BCUT2D eigenvalue weighted by Crippen LogP contribution is -2.40. The van der Waals surface area contributed by atoms with Crippen molar-refractivity contribution in [2.75, 3.05) is 13.1 Å². The Morgan fingerprint density at radius 2 is 1.91 bits per heavy atom. The zero-order valence-corrected chi connectivity index (χ0v) is 19.5. The Balaban J connectivity index is 1.32. The van der Waals surface area contributed by atoms with E-state index in [-0.39, 0.29) is 24.5 Å². The van der Waals surface area contributed by atoms with Gasteiger partial charge in [-0.3, -0.25) is 9.59 Å². The number of hydrogen-bond acceptors (Lipinski definition) is 4. The molecule has 2 heterocycles. The maximum atomic E-state index is 12.8. The molecule has 176 valence electrons. The highest BCUT2D eigenvalue weighted by molar-refractivity contribution is 5.91. The van der Waals surface area contributed by atoms with Gasteiger partial charge in [-0.25, -0.2) is 0 Å². The van der Waals surface area contributed by atoms with Crippen molar-refractivity contribution in [1.29, 1.82) is 0 Å². The molecule has 0 radical (unpaired) electrons. The molecule has 1 aromatic heterocycles. The van der Waals surface area contributed by atoms with Gasteiger partial charge in [-0.15, -0.1) is 0 Å². The van der Waals surface area contributed by atoms with Gasteiger partial charge in [-0.05, 0) is 66.1 Å². The summed E-state index contributed by atoms with van der Waals surface area (Å²) in [6, 6.07) is 19.6. The van der Waals surface area contributed by atoms with Crippen LogP contribution in [0.25, 0.3) is 0 Å². The number of amides is 2. The molecule has 2 aromatic carbocycles. The van der Waals surface area contributed by atoms with Crippen LogP contribution in [0.3, 0.4) is 0 Å². The van der Waals surface area contributed by atoms with E-state index >= 15 is 0 Å². The van der Waals surface area contributed by atoms with Crippen molar-refractivity contribution < 1.29 is 18.7 Å². The number of hydrogen-bond donors (Lipinski definition) is 1. The largest absolute Gasteiger partial charge is 0.486 e. The number of nitrogens with zero attached hydrogens (tertiary/aromatic N) is 1. The highest BCUT2D eigenvalue weighted by Crippen LogP contribution is 2.37. The van der Waals surface area contributed by atoms with E-state index in [0.717, 1.165) is 17.5 Å². The molecule has 0 bridgehead atoms. The number of carbonyl (C=O) groups is 2. The van der Waals surface area contributed by atoms with Crippen molar-refractivity contribution in [3.8, 4) is 5.75 Å². The average Bonchev–Trinajstić information content (AvgIpc) is 3.59. The lowest BCUT2D eigenvalue weighted by molar-refractivity contribution is -0.132. The fraction of sp³-hybridized carbons (Fsp3) is 0.357. The first kappa shape index (κ1) is 22.3. The monoisotopic (exact) mass is 458 g/mol. The predicted octanol–water partition coefficient (Wildman–Crippen LogP) is 4.88. The van der Waals surface area contributed by atoms with Crippen LogP contribution in [0.2, 0.25) is 0 Å². The normalized spacial score (nSPS) is 17.2. The predicted molar refractivity (Wildman–Crippen MR) is 129 cm³/mol. The van der Waals surface area contributed by atoms with Crippen LogP contribution in [0.1, 0.15) is 65.2 Å². The quantitative estimate of drug-likeness (QED) is 0.522. The van der Waals surface area contributed by atoms with Crippen LogP contribution < -0.4 is 10.1 Å². The van der Waals surface area contributed by atoms with E-state index in [0.29, 0.717) is 42.7 Å². The number of ether oxygens (including phenoxy) is 1. The third-order valence-electron chi connectivity index (χ3n) is 6.60. The number of carbonyl (C=O) groups excluding carboxylic acids is 2. The van der Waals surface area contributed by atoms with Gasteiger partial charge >= 0.3 is 0 Å². The van der Waals surface area contributed by atoms with E-state index in [9.17, 15) is 9.59 Å². The third-order valence-corrected chi connectivity index (χ3v) is 6.60. The Morgan fingerprint density at radius 1 is 1.09 bits per heavy atom. The van der Waals surface area contributed by atoms with Gasteiger partial charge in [-0.2, -0.15) is 0 Å². The summed E-state index contributed by atoms with van der Waals surface area (Å²) < 4.78 is 11.7. The second-order valence-corrected chi connectivity index (χ2v) is 9.07. The van der Waals surface area contributed by atoms with Crippen LogP contribution in [0, 0.1) is 5.92 Å². The first-order valence-corrected chi connectivity index (χ1v) is 12.1. The van der Waals surface area contributed by atoms with E-state index in [2.05, 4.69) is 23.5 Å². The smallest absolute Gasteiger partial charge is 0.287 e. The molecule has 1 fully saturated rings. The van der Waals surface area contributed by atoms with Crippen LogP contribution in [-0.2, 0) is 17.8 Å². The topological polar surface area (TPSA) is 71.8 Å². The number of nitrogens with one attached hydrogen (secondary N) is 1. The summed E-state index contributed by atoms with van der Waals surface area (Å²) >= 11 is 0. The molecule has 0 saturated heterocycles. The van der Waals surface area contributed by atoms with Crippen LogP contribution in [0.15, 0.2) is 65.1 Å².